The minimum atomic E-state index is -3.78. The van der Waals surface area contributed by atoms with Gasteiger partial charge in [0.25, 0.3) is 5.92 Å². The summed E-state index contributed by atoms with van der Waals surface area (Å²) in [6, 6.07) is 5.03. The molecule has 0 amide bonds. The number of hydrogen-bond acceptors (Lipinski definition) is 4. The third-order valence-corrected chi connectivity index (χ3v) is 2.89. The number of nitrogens with two attached hydrogens (primary N) is 1. The van der Waals surface area contributed by atoms with Crippen LogP contribution in [0.4, 0.5) is 14.5 Å². The smallest absolute Gasteiger partial charge is 0.287 e. The molecule has 0 atom stereocenters. The van der Waals surface area contributed by atoms with Gasteiger partial charge in [-0.2, -0.15) is 0 Å². The molecule has 8 heteroatoms. The highest BCUT2D eigenvalue weighted by Gasteiger charge is 2.27. The molecule has 0 saturated heterocycles. The second kappa shape index (κ2) is 4.94. The van der Waals surface area contributed by atoms with Crippen LogP contribution in [0.15, 0.2) is 29.2 Å². The number of aliphatic hydroxyl groups is 1. The highest BCUT2D eigenvalue weighted by atomic mass is 32.2. The fourth-order valence-corrected chi connectivity index (χ4v) is 1.57. The summed E-state index contributed by atoms with van der Waals surface area (Å²) < 4.78 is 47.2. The highest BCUT2D eigenvalue weighted by molar-refractivity contribution is 7.89. The molecule has 1 aromatic carbocycles. The van der Waals surface area contributed by atoms with Gasteiger partial charge in [-0.3, -0.25) is 0 Å². The van der Waals surface area contributed by atoms with Crippen molar-refractivity contribution in [3.05, 3.63) is 24.3 Å². The number of nitrogens with one attached hydrogen (secondary N) is 1. The van der Waals surface area contributed by atoms with E-state index >= 15 is 0 Å². The quantitative estimate of drug-likeness (QED) is 0.718. The second-order valence-electron chi connectivity index (χ2n) is 3.44. The van der Waals surface area contributed by atoms with Gasteiger partial charge in [-0.05, 0) is 24.3 Å². The Balaban J connectivity index is 2.70. The summed E-state index contributed by atoms with van der Waals surface area (Å²) in [5.74, 6) is -3.22. The average molecular weight is 266 g/mol. The first-order chi connectivity index (χ1) is 7.74. The highest BCUT2D eigenvalue weighted by Crippen LogP contribution is 2.16. The molecule has 4 N–H and O–H groups in total. The zero-order valence-electron chi connectivity index (χ0n) is 8.73. The Morgan fingerprint density at radius 1 is 1.29 bits per heavy atom. The van der Waals surface area contributed by atoms with Crippen LogP contribution >= 0.6 is 0 Å². The number of benzene rings is 1. The molecule has 0 aliphatic rings. The molecule has 0 fully saturated rings. The molecule has 0 aromatic heterocycles. The minimum absolute atomic E-state index is 0.100. The summed E-state index contributed by atoms with van der Waals surface area (Å²) in [6.45, 7) is -1.99. The van der Waals surface area contributed by atoms with Crippen LogP contribution in [0.5, 0.6) is 0 Å². The van der Waals surface area contributed by atoms with Gasteiger partial charge < -0.3 is 10.4 Å². The van der Waals surface area contributed by atoms with Crippen LogP contribution in [0.25, 0.3) is 0 Å². The van der Waals surface area contributed by atoms with Crippen molar-refractivity contribution in [3.63, 3.8) is 0 Å². The number of alkyl halides is 2. The van der Waals surface area contributed by atoms with Crippen molar-refractivity contribution < 1.29 is 22.3 Å². The largest absolute Gasteiger partial charge is 0.390 e. The van der Waals surface area contributed by atoms with Gasteiger partial charge in [0.1, 0.15) is 6.61 Å². The summed E-state index contributed by atoms with van der Waals surface area (Å²) >= 11 is 0. The van der Waals surface area contributed by atoms with Crippen LogP contribution in [0.1, 0.15) is 0 Å². The Hall–Kier alpha value is -1.25. The molecule has 0 spiro atoms. The van der Waals surface area contributed by atoms with Gasteiger partial charge in [0, 0.05) is 5.69 Å². The monoisotopic (exact) mass is 266 g/mol. The Kier molecular flexibility index (Phi) is 4.02. The fourth-order valence-electron chi connectivity index (χ4n) is 1.05. The number of halogens is 2. The van der Waals surface area contributed by atoms with E-state index in [4.69, 9.17) is 10.2 Å². The predicted octanol–water partition coefficient (Wildman–Crippen LogP) is 0.374. The molecule has 17 heavy (non-hydrogen) atoms. The van der Waals surface area contributed by atoms with Crippen LogP contribution in [0, 0.1) is 0 Å². The van der Waals surface area contributed by atoms with Crippen LogP contribution < -0.4 is 10.5 Å². The van der Waals surface area contributed by atoms with Crippen molar-refractivity contribution >= 4 is 15.7 Å². The first-order valence-corrected chi connectivity index (χ1v) is 6.15. The number of hydrogen-bond donors (Lipinski definition) is 3. The Labute approximate surface area is 97.3 Å². The third kappa shape index (κ3) is 4.25. The van der Waals surface area contributed by atoms with Crippen LogP contribution in [-0.2, 0) is 10.0 Å². The third-order valence-electron chi connectivity index (χ3n) is 1.97. The standard InChI is InChI=1S/C9H12F2N2O3S/c10-9(11,6-14)5-13-7-1-3-8(4-2-7)17(12,15)16/h1-4,13-14H,5-6H2,(H2,12,15,16). The van der Waals surface area contributed by atoms with Gasteiger partial charge >= 0.3 is 0 Å². The van der Waals surface area contributed by atoms with E-state index in [1.54, 1.807) is 0 Å². The maximum absolute atomic E-state index is 12.7. The van der Waals surface area contributed by atoms with E-state index in [-0.39, 0.29) is 4.90 Å². The molecule has 0 unspecified atom stereocenters. The van der Waals surface area contributed by atoms with Crippen LogP contribution in [-0.4, -0.2) is 32.6 Å². The van der Waals surface area contributed by atoms with Gasteiger partial charge in [-0.1, -0.05) is 0 Å². The molecular formula is C9H12F2N2O3S. The molecule has 0 saturated carbocycles. The van der Waals surface area contributed by atoms with Gasteiger partial charge in [0.05, 0.1) is 11.4 Å². The van der Waals surface area contributed by atoms with Crippen LogP contribution in [0.3, 0.4) is 0 Å². The average Bonchev–Trinajstić information content (AvgIpc) is 2.26. The molecule has 96 valence electrons. The van der Waals surface area contributed by atoms with Crippen molar-refractivity contribution in [2.24, 2.45) is 5.14 Å². The molecule has 0 heterocycles. The maximum atomic E-state index is 12.7. The number of sulfonamides is 1. The zero-order chi connectivity index (χ0) is 13.1. The molecule has 1 rings (SSSR count). The summed E-state index contributed by atoms with van der Waals surface area (Å²) in [4.78, 5) is -0.100. The first-order valence-electron chi connectivity index (χ1n) is 4.60. The van der Waals surface area contributed by atoms with E-state index in [9.17, 15) is 17.2 Å². The normalized spacial score (nSPS) is 12.5. The second-order valence-corrected chi connectivity index (χ2v) is 5.00. The first kappa shape index (κ1) is 13.8. The number of anilines is 1. The van der Waals surface area contributed by atoms with Gasteiger partial charge in [-0.25, -0.2) is 22.3 Å². The summed E-state index contributed by atoms with van der Waals surface area (Å²) in [6.07, 6.45) is 0. The molecule has 0 aliphatic carbocycles. The lowest BCUT2D eigenvalue weighted by molar-refractivity contribution is -0.0372. The zero-order valence-corrected chi connectivity index (χ0v) is 9.55. The lowest BCUT2D eigenvalue weighted by Crippen LogP contribution is -2.30. The van der Waals surface area contributed by atoms with Gasteiger partial charge in [-0.15, -0.1) is 0 Å². The molecule has 5 nitrogen and oxygen atoms in total. The molecule has 0 bridgehead atoms. The van der Waals surface area contributed by atoms with Crippen molar-refractivity contribution in [1.82, 2.24) is 0 Å². The fraction of sp³-hybridized carbons (Fsp3) is 0.333. The van der Waals surface area contributed by atoms with Crippen molar-refractivity contribution in [3.8, 4) is 0 Å². The van der Waals surface area contributed by atoms with Crippen molar-refractivity contribution in [2.75, 3.05) is 18.5 Å². The van der Waals surface area contributed by atoms with Crippen LogP contribution in [0.2, 0.25) is 0 Å². The van der Waals surface area contributed by atoms with E-state index in [2.05, 4.69) is 5.32 Å². The van der Waals surface area contributed by atoms with Gasteiger partial charge in [0.15, 0.2) is 0 Å². The summed E-state index contributed by atoms with van der Waals surface area (Å²) in [5, 5.41) is 15.6. The lowest BCUT2D eigenvalue weighted by atomic mass is 10.3. The molecule has 1 aromatic rings. The SMILES string of the molecule is NS(=O)(=O)c1ccc(NCC(F)(F)CO)cc1. The van der Waals surface area contributed by atoms with Crippen molar-refractivity contribution in [2.45, 2.75) is 10.8 Å². The lowest BCUT2D eigenvalue weighted by Gasteiger charge is -2.14. The molecule has 0 aliphatic heterocycles. The Bertz CT molecular complexity index is 474. The predicted molar refractivity (Wildman–Crippen MR) is 58.3 cm³/mol. The molecular weight excluding hydrogens is 254 g/mol. The van der Waals surface area contributed by atoms with E-state index < -0.39 is 29.1 Å². The summed E-state index contributed by atoms with van der Waals surface area (Å²) in [7, 11) is -3.78. The van der Waals surface area contributed by atoms with Crippen molar-refractivity contribution in [1.29, 1.82) is 0 Å². The Morgan fingerprint density at radius 2 is 1.82 bits per heavy atom. The number of rotatable bonds is 5. The topological polar surface area (TPSA) is 92.4 Å². The minimum Gasteiger partial charge on any atom is -0.390 e. The van der Waals surface area contributed by atoms with Gasteiger partial charge in [0.2, 0.25) is 10.0 Å². The maximum Gasteiger partial charge on any atom is 0.287 e. The van der Waals surface area contributed by atoms with E-state index in [0.29, 0.717) is 5.69 Å². The molecule has 0 radical (unpaired) electrons. The number of aliphatic hydroxyl groups excluding tert-OH is 1. The van der Waals surface area contributed by atoms with E-state index in [0.717, 1.165) is 0 Å². The number of primary sulfonamides is 1. The van der Waals surface area contributed by atoms with E-state index in [1.807, 2.05) is 0 Å². The van der Waals surface area contributed by atoms with E-state index in [1.165, 1.54) is 24.3 Å². The Morgan fingerprint density at radius 3 is 2.24 bits per heavy atom. The summed E-state index contributed by atoms with van der Waals surface area (Å²) in [5.41, 5.74) is 0.311.